The van der Waals surface area contributed by atoms with Gasteiger partial charge in [0.15, 0.2) is 5.69 Å². The molecule has 9 heteroatoms. The third kappa shape index (κ3) is 4.51. The molecule has 112 valence electrons. The van der Waals surface area contributed by atoms with Crippen molar-refractivity contribution >= 4 is 50.6 Å². The molecule has 0 unspecified atom stereocenters. The number of nitrogens with one attached hydrogen (secondary N) is 1. The fourth-order valence-electron chi connectivity index (χ4n) is 1.52. The summed E-state index contributed by atoms with van der Waals surface area (Å²) < 4.78 is 1.00. The van der Waals surface area contributed by atoms with E-state index in [1.807, 2.05) is 11.4 Å². The number of amides is 2. The quantitative estimate of drug-likeness (QED) is 0.822. The third-order valence-electron chi connectivity index (χ3n) is 2.52. The van der Waals surface area contributed by atoms with Crippen LogP contribution in [0.2, 0.25) is 0 Å². The minimum atomic E-state index is -1.07. The number of halogens is 1. The van der Waals surface area contributed by atoms with Gasteiger partial charge in [-0.15, -0.1) is 22.7 Å². The molecule has 2 aromatic rings. The number of hydrogen-bond donors (Lipinski definition) is 2. The molecule has 2 heterocycles. The predicted molar refractivity (Wildman–Crippen MR) is 84.8 cm³/mol. The molecule has 0 aliphatic carbocycles. The normalized spacial score (nSPS) is 10.4. The zero-order valence-electron chi connectivity index (χ0n) is 11.0. The van der Waals surface area contributed by atoms with Crippen molar-refractivity contribution in [3.05, 3.63) is 36.9 Å². The smallest absolute Gasteiger partial charge is 0.355 e. The average molecular weight is 390 g/mol. The van der Waals surface area contributed by atoms with Gasteiger partial charge in [0.2, 0.25) is 0 Å². The summed E-state index contributed by atoms with van der Waals surface area (Å²) in [7, 11) is 1.70. The van der Waals surface area contributed by atoms with Crippen LogP contribution in [0.5, 0.6) is 0 Å². The molecule has 0 aliphatic rings. The van der Waals surface area contributed by atoms with Crippen LogP contribution in [0.15, 0.2) is 21.3 Å². The number of urea groups is 1. The van der Waals surface area contributed by atoms with Crippen LogP contribution in [0.1, 0.15) is 20.4 Å². The van der Waals surface area contributed by atoms with Gasteiger partial charge in [0, 0.05) is 27.2 Å². The number of aromatic carboxylic acids is 1. The summed E-state index contributed by atoms with van der Waals surface area (Å²) in [4.78, 5) is 29.2. The van der Waals surface area contributed by atoms with Gasteiger partial charge in [0.05, 0.1) is 13.1 Å². The summed E-state index contributed by atoms with van der Waals surface area (Å²) in [6, 6.07) is 1.74. The molecule has 6 nitrogen and oxygen atoms in total. The predicted octanol–water partition coefficient (Wildman–Crippen LogP) is 3.01. The van der Waals surface area contributed by atoms with Crippen molar-refractivity contribution < 1.29 is 14.7 Å². The van der Waals surface area contributed by atoms with Crippen LogP contribution in [0, 0.1) is 0 Å². The first-order valence-electron chi connectivity index (χ1n) is 5.85. The summed E-state index contributed by atoms with van der Waals surface area (Å²) in [5, 5.41) is 15.5. The molecule has 0 saturated carbocycles. The topological polar surface area (TPSA) is 82.5 Å². The van der Waals surface area contributed by atoms with Gasteiger partial charge in [-0.25, -0.2) is 14.6 Å². The van der Waals surface area contributed by atoms with Crippen molar-refractivity contribution in [2.24, 2.45) is 0 Å². The number of carbonyl (C=O) groups excluding carboxylic acids is 1. The van der Waals surface area contributed by atoms with Crippen molar-refractivity contribution in [2.75, 3.05) is 7.05 Å². The van der Waals surface area contributed by atoms with Gasteiger partial charge in [-0.2, -0.15) is 0 Å². The van der Waals surface area contributed by atoms with E-state index in [-0.39, 0.29) is 18.3 Å². The Morgan fingerprint density at radius 3 is 2.76 bits per heavy atom. The van der Waals surface area contributed by atoms with Crippen LogP contribution in [-0.2, 0) is 13.1 Å². The van der Waals surface area contributed by atoms with E-state index in [1.165, 1.54) is 16.7 Å². The fourth-order valence-corrected chi connectivity index (χ4v) is 3.73. The minimum absolute atomic E-state index is 0.000962. The number of carboxylic acids is 1. The van der Waals surface area contributed by atoms with Crippen LogP contribution >= 0.6 is 38.6 Å². The molecule has 0 aromatic carbocycles. The second-order valence-electron chi connectivity index (χ2n) is 4.18. The van der Waals surface area contributed by atoms with Gasteiger partial charge in [0.25, 0.3) is 0 Å². The molecular weight excluding hydrogens is 378 g/mol. The first-order valence-corrected chi connectivity index (χ1v) is 8.40. The molecule has 0 atom stereocenters. The van der Waals surface area contributed by atoms with Crippen LogP contribution in [-0.4, -0.2) is 34.0 Å². The highest BCUT2D eigenvalue weighted by Gasteiger charge is 2.12. The maximum atomic E-state index is 11.9. The molecule has 2 aromatic heterocycles. The maximum Gasteiger partial charge on any atom is 0.355 e. The lowest BCUT2D eigenvalue weighted by molar-refractivity contribution is 0.0691. The Morgan fingerprint density at radius 1 is 1.43 bits per heavy atom. The van der Waals surface area contributed by atoms with E-state index in [0.29, 0.717) is 11.6 Å². The van der Waals surface area contributed by atoms with E-state index >= 15 is 0 Å². The van der Waals surface area contributed by atoms with E-state index < -0.39 is 5.97 Å². The maximum absolute atomic E-state index is 11.9. The second kappa shape index (κ2) is 7.01. The Balaban J connectivity index is 1.84. The SMILES string of the molecule is CN(Cc1cc(Br)cs1)C(=O)NCc1nc(C(=O)O)cs1. The molecule has 0 spiro atoms. The number of hydrogen-bond acceptors (Lipinski definition) is 5. The van der Waals surface area contributed by atoms with Gasteiger partial charge < -0.3 is 15.3 Å². The monoisotopic (exact) mass is 389 g/mol. The fraction of sp³-hybridized carbons (Fsp3) is 0.250. The van der Waals surface area contributed by atoms with Crippen molar-refractivity contribution in [3.8, 4) is 0 Å². The Morgan fingerprint density at radius 2 is 2.19 bits per heavy atom. The Kier molecular flexibility index (Phi) is 5.32. The first kappa shape index (κ1) is 15.9. The highest BCUT2D eigenvalue weighted by Crippen LogP contribution is 2.20. The average Bonchev–Trinajstić information content (AvgIpc) is 3.05. The summed E-state index contributed by atoms with van der Waals surface area (Å²) in [6.45, 7) is 0.732. The number of carboxylic acid groups (broad SMARTS) is 1. The van der Waals surface area contributed by atoms with Crippen LogP contribution in [0.4, 0.5) is 4.79 Å². The molecule has 2 rings (SSSR count). The standard InChI is InChI=1S/C12H12BrN3O3S2/c1-16(4-8-2-7(13)5-20-8)12(19)14-3-10-15-9(6-21-10)11(17)18/h2,5-6H,3-4H2,1H3,(H,14,19)(H,17,18). The van der Waals surface area contributed by atoms with Gasteiger partial charge in [-0.05, 0) is 22.0 Å². The van der Waals surface area contributed by atoms with E-state index in [2.05, 4.69) is 26.2 Å². The van der Waals surface area contributed by atoms with E-state index in [4.69, 9.17) is 5.11 Å². The number of nitrogens with zero attached hydrogens (tertiary/aromatic N) is 2. The molecule has 2 N–H and O–H groups in total. The van der Waals surface area contributed by atoms with Crippen LogP contribution in [0.3, 0.4) is 0 Å². The summed E-state index contributed by atoms with van der Waals surface area (Å²) in [6.07, 6.45) is 0. The minimum Gasteiger partial charge on any atom is -0.476 e. The molecular formula is C12H12BrN3O3S2. The molecule has 2 amide bonds. The summed E-state index contributed by atoms with van der Waals surface area (Å²) in [5.74, 6) is -1.07. The zero-order chi connectivity index (χ0) is 15.4. The Labute approximate surface area is 137 Å². The molecule has 0 radical (unpaired) electrons. The number of rotatable bonds is 5. The van der Waals surface area contributed by atoms with Crippen molar-refractivity contribution in [1.82, 2.24) is 15.2 Å². The molecule has 0 bridgehead atoms. The molecule has 0 fully saturated rings. The van der Waals surface area contributed by atoms with E-state index in [9.17, 15) is 9.59 Å². The van der Waals surface area contributed by atoms with E-state index in [1.54, 1.807) is 23.3 Å². The number of carbonyl (C=O) groups is 2. The summed E-state index contributed by atoms with van der Waals surface area (Å²) in [5.41, 5.74) is 0.000962. The summed E-state index contributed by atoms with van der Waals surface area (Å²) >= 11 is 6.15. The Hall–Kier alpha value is -1.45. The Bertz CT molecular complexity index is 656. The second-order valence-corrected chi connectivity index (χ2v) is 7.03. The van der Waals surface area contributed by atoms with Gasteiger partial charge in [-0.3, -0.25) is 0 Å². The lowest BCUT2D eigenvalue weighted by Gasteiger charge is -2.16. The van der Waals surface area contributed by atoms with Crippen LogP contribution < -0.4 is 5.32 Å². The van der Waals surface area contributed by atoms with Crippen molar-refractivity contribution in [3.63, 3.8) is 0 Å². The zero-order valence-corrected chi connectivity index (χ0v) is 14.2. The number of thiazole rings is 1. The van der Waals surface area contributed by atoms with Crippen molar-refractivity contribution in [1.29, 1.82) is 0 Å². The van der Waals surface area contributed by atoms with Gasteiger partial charge in [-0.1, -0.05) is 0 Å². The largest absolute Gasteiger partial charge is 0.476 e. The third-order valence-corrected chi connectivity index (χ3v) is 5.05. The molecule has 0 saturated heterocycles. The van der Waals surface area contributed by atoms with Crippen molar-refractivity contribution in [2.45, 2.75) is 13.1 Å². The van der Waals surface area contributed by atoms with E-state index in [0.717, 1.165) is 9.35 Å². The van der Waals surface area contributed by atoms with Gasteiger partial charge >= 0.3 is 12.0 Å². The lowest BCUT2D eigenvalue weighted by Crippen LogP contribution is -2.36. The number of thiophene rings is 1. The highest BCUT2D eigenvalue weighted by atomic mass is 79.9. The molecule has 21 heavy (non-hydrogen) atoms. The highest BCUT2D eigenvalue weighted by molar-refractivity contribution is 9.10. The molecule has 0 aliphatic heterocycles. The van der Waals surface area contributed by atoms with Crippen LogP contribution in [0.25, 0.3) is 0 Å². The van der Waals surface area contributed by atoms with Gasteiger partial charge in [0.1, 0.15) is 5.01 Å². The number of aromatic nitrogens is 1. The first-order chi connectivity index (χ1) is 9.95. The lowest BCUT2D eigenvalue weighted by atomic mass is 10.4.